The smallest absolute Gasteiger partial charge is 0.179 e. The lowest BCUT2D eigenvalue weighted by Gasteiger charge is -2.29. The molecule has 1 aliphatic heterocycles. The summed E-state index contributed by atoms with van der Waals surface area (Å²) in [5, 5.41) is 8.25. The summed E-state index contributed by atoms with van der Waals surface area (Å²) < 4.78 is 16.0. The number of hydrogen-bond donors (Lipinski definition) is 2. The van der Waals surface area contributed by atoms with E-state index in [-0.39, 0.29) is 5.82 Å². The first-order valence-electron chi connectivity index (χ1n) is 11.0. The Morgan fingerprint density at radius 1 is 1.13 bits per heavy atom. The highest BCUT2D eigenvalue weighted by atomic mass is 19.1. The maximum absolute atomic E-state index is 14.0. The Morgan fingerprint density at radius 2 is 1.97 bits per heavy atom. The predicted molar refractivity (Wildman–Crippen MR) is 116 cm³/mol. The van der Waals surface area contributed by atoms with Crippen LogP contribution >= 0.6 is 0 Å². The number of piperidine rings is 1. The van der Waals surface area contributed by atoms with E-state index in [0.29, 0.717) is 41.2 Å². The number of halogens is 1. The third kappa shape index (κ3) is 3.42. The fourth-order valence-electron chi connectivity index (χ4n) is 4.41. The number of aromatic amines is 1. The number of fused-ring (bicyclic) bond motifs is 2. The quantitative estimate of drug-likeness (QED) is 0.513. The zero-order valence-corrected chi connectivity index (χ0v) is 17.5. The number of nitrogens with one attached hydrogen (secondary N) is 2. The highest BCUT2D eigenvalue weighted by Gasteiger charge is 2.28. The number of imidazole rings is 1. The lowest BCUT2D eigenvalue weighted by atomic mass is 10.1. The van der Waals surface area contributed by atoms with Crippen molar-refractivity contribution in [2.24, 2.45) is 0 Å². The second-order valence-corrected chi connectivity index (χ2v) is 8.74. The number of nitrogens with zero attached hydrogens (tertiary/aromatic N) is 6. The lowest BCUT2D eigenvalue weighted by Crippen LogP contribution is -2.32. The van der Waals surface area contributed by atoms with Crippen molar-refractivity contribution in [1.29, 1.82) is 0 Å². The predicted octanol–water partition coefficient (Wildman–Crippen LogP) is 3.60. The monoisotopic (exact) mass is 420 g/mol. The maximum Gasteiger partial charge on any atom is 0.179 e. The molecule has 9 heteroatoms. The topological polar surface area (TPSA) is 87.5 Å². The van der Waals surface area contributed by atoms with Crippen molar-refractivity contribution in [3.05, 3.63) is 41.7 Å². The molecule has 31 heavy (non-hydrogen) atoms. The van der Waals surface area contributed by atoms with Crippen LogP contribution in [-0.2, 0) is 6.54 Å². The second-order valence-electron chi connectivity index (χ2n) is 8.74. The van der Waals surface area contributed by atoms with E-state index in [1.165, 1.54) is 18.9 Å². The zero-order valence-electron chi connectivity index (χ0n) is 17.5. The van der Waals surface area contributed by atoms with E-state index in [2.05, 4.69) is 31.9 Å². The summed E-state index contributed by atoms with van der Waals surface area (Å²) in [5.41, 5.74) is 3.76. The summed E-state index contributed by atoms with van der Waals surface area (Å²) in [5.74, 6) is 1.57. The Morgan fingerprint density at radius 3 is 2.74 bits per heavy atom. The van der Waals surface area contributed by atoms with E-state index >= 15 is 0 Å². The van der Waals surface area contributed by atoms with Crippen LogP contribution in [0.1, 0.15) is 49.2 Å². The summed E-state index contributed by atoms with van der Waals surface area (Å²) in [4.78, 5) is 19.6. The fraction of sp³-hybridized carbons (Fsp3) is 0.455. The van der Waals surface area contributed by atoms with Gasteiger partial charge in [-0.25, -0.2) is 24.0 Å². The number of rotatable bonds is 5. The van der Waals surface area contributed by atoms with Gasteiger partial charge in [0.25, 0.3) is 0 Å². The van der Waals surface area contributed by atoms with Gasteiger partial charge in [0.1, 0.15) is 11.3 Å². The minimum atomic E-state index is -0.324. The molecule has 0 spiro atoms. The van der Waals surface area contributed by atoms with Crippen molar-refractivity contribution < 1.29 is 4.39 Å². The Labute approximate surface area is 178 Å². The molecule has 3 aromatic heterocycles. The van der Waals surface area contributed by atoms with Crippen LogP contribution in [0.3, 0.4) is 0 Å². The van der Waals surface area contributed by atoms with E-state index in [9.17, 15) is 4.39 Å². The summed E-state index contributed by atoms with van der Waals surface area (Å²) in [7, 11) is 2.16. The minimum absolute atomic E-state index is 0.318. The summed E-state index contributed by atoms with van der Waals surface area (Å²) in [6.45, 7) is 2.50. The summed E-state index contributed by atoms with van der Waals surface area (Å²) in [6, 6.07) is 5.24. The van der Waals surface area contributed by atoms with Gasteiger partial charge in [-0.15, -0.1) is 0 Å². The molecule has 2 N–H and O–H groups in total. The molecule has 0 radical (unpaired) electrons. The van der Waals surface area contributed by atoms with Gasteiger partial charge in [0.2, 0.25) is 0 Å². The number of likely N-dealkylation sites (tertiary alicyclic amines) is 1. The second kappa shape index (κ2) is 7.26. The first kappa shape index (κ1) is 18.7. The normalized spacial score (nSPS) is 18.3. The fourth-order valence-corrected chi connectivity index (χ4v) is 4.41. The van der Waals surface area contributed by atoms with Gasteiger partial charge in [0.15, 0.2) is 22.8 Å². The minimum Gasteiger partial charge on any atom is -0.360 e. The molecule has 1 saturated heterocycles. The van der Waals surface area contributed by atoms with E-state index in [1.54, 1.807) is 6.07 Å². The zero-order chi connectivity index (χ0) is 20.9. The van der Waals surface area contributed by atoms with Gasteiger partial charge in [0.05, 0.1) is 23.8 Å². The van der Waals surface area contributed by atoms with E-state index in [4.69, 9.17) is 15.1 Å². The van der Waals surface area contributed by atoms with Crippen molar-refractivity contribution in [2.45, 2.75) is 44.2 Å². The highest BCUT2D eigenvalue weighted by Crippen LogP contribution is 2.39. The van der Waals surface area contributed by atoms with E-state index < -0.39 is 0 Å². The molecule has 0 unspecified atom stereocenters. The number of H-pyrrole nitrogens is 1. The molecule has 8 nitrogen and oxygen atoms in total. The Balaban J connectivity index is 1.33. The Bertz CT molecular complexity index is 1250. The molecule has 2 fully saturated rings. The molecule has 4 aromatic rings. The van der Waals surface area contributed by atoms with Crippen LogP contribution in [0.2, 0.25) is 0 Å². The van der Waals surface area contributed by atoms with Crippen molar-refractivity contribution in [3.8, 4) is 0 Å². The number of aromatic nitrogens is 6. The molecule has 0 atom stereocenters. The van der Waals surface area contributed by atoms with Crippen LogP contribution in [-0.4, -0.2) is 54.8 Å². The van der Waals surface area contributed by atoms with Gasteiger partial charge in [-0.3, -0.25) is 0 Å². The van der Waals surface area contributed by atoms with Crippen LogP contribution in [0, 0.1) is 5.82 Å². The molecular weight excluding hydrogens is 395 g/mol. The first-order valence-corrected chi connectivity index (χ1v) is 11.0. The molecule has 160 valence electrons. The van der Waals surface area contributed by atoms with Crippen LogP contribution in [0.15, 0.2) is 24.4 Å². The molecule has 1 aromatic carbocycles. The van der Waals surface area contributed by atoms with Crippen LogP contribution in [0.4, 0.5) is 10.2 Å². The largest absolute Gasteiger partial charge is 0.360 e. The van der Waals surface area contributed by atoms with Crippen molar-refractivity contribution in [2.75, 3.05) is 25.5 Å². The lowest BCUT2D eigenvalue weighted by molar-refractivity contribution is 0.215. The Kier molecular flexibility index (Phi) is 4.38. The SMILES string of the molecule is CN1CCC(n2nc(NCc3nc4c(F)cccc4[nH]3)c3ncc(C4CC4)nc32)CC1. The van der Waals surface area contributed by atoms with Crippen LogP contribution in [0.25, 0.3) is 22.2 Å². The van der Waals surface area contributed by atoms with E-state index in [0.717, 1.165) is 42.8 Å². The van der Waals surface area contributed by atoms with Crippen LogP contribution in [0.5, 0.6) is 0 Å². The molecule has 0 bridgehead atoms. The van der Waals surface area contributed by atoms with Crippen molar-refractivity contribution >= 4 is 28.0 Å². The third-order valence-corrected chi connectivity index (χ3v) is 6.39. The molecular formula is C22H25FN8. The van der Waals surface area contributed by atoms with Gasteiger partial charge in [0, 0.05) is 12.1 Å². The average molecular weight is 420 g/mol. The molecule has 6 rings (SSSR count). The maximum atomic E-state index is 14.0. The third-order valence-electron chi connectivity index (χ3n) is 6.39. The molecule has 1 saturated carbocycles. The van der Waals surface area contributed by atoms with Crippen molar-refractivity contribution in [3.63, 3.8) is 0 Å². The molecule has 4 heterocycles. The van der Waals surface area contributed by atoms with Crippen molar-refractivity contribution in [1.82, 2.24) is 34.6 Å². The standard InChI is InChI=1S/C22H25FN8/c1-30-9-7-14(8-10-30)31-22-20(24-11-17(27-22)13-5-6-13)21(29-31)25-12-18-26-16-4-2-3-15(23)19(16)28-18/h2-4,11,13-14H,5-10,12H2,1H3,(H,25,29)(H,26,28). The van der Waals surface area contributed by atoms with E-state index in [1.807, 2.05) is 12.3 Å². The number of para-hydroxylation sites is 1. The molecule has 0 amide bonds. The van der Waals surface area contributed by atoms with Gasteiger partial charge in [-0.1, -0.05) is 6.07 Å². The number of benzene rings is 1. The molecule has 1 aliphatic carbocycles. The highest BCUT2D eigenvalue weighted by molar-refractivity contribution is 5.83. The van der Waals surface area contributed by atoms with Crippen LogP contribution < -0.4 is 5.32 Å². The van der Waals surface area contributed by atoms with Gasteiger partial charge >= 0.3 is 0 Å². The van der Waals surface area contributed by atoms with Gasteiger partial charge in [-0.2, -0.15) is 5.10 Å². The molecule has 2 aliphatic rings. The van der Waals surface area contributed by atoms with Gasteiger partial charge < -0.3 is 15.2 Å². The summed E-state index contributed by atoms with van der Waals surface area (Å²) >= 11 is 0. The average Bonchev–Trinajstić information content (AvgIpc) is 3.44. The Hall–Kier alpha value is -3.07. The van der Waals surface area contributed by atoms with Gasteiger partial charge in [-0.05, 0) is 58.0 Å². The first-order chi connectivity index (χ1) is 15.2. The number of hydrogen-bond acceptors (Lipinski definition) is 6. The summed E-state index contributed by atoms with van der Waals surface area (Å²) in [6.07, 6.45) is 6.37. The number of anilines is 1.